The van der Waals surface area contributed by atoms with Crippen LogP contribution in [0.15, 0.2) is 59.5 Å². The van der Waals surface area contributed by atoms with Gasteiger partial charge in [-0.05, 0) is 50.1 Å². The van der Waals surface area contributed by atoms with Gasteiger partial charge in [0.1, 0.15) is 11.8 Å². The Bertz CT molecular complexity index is 780. The van der Waals surface area contributed by atoms with Gasteiger partial charge in [0.25, 0.3) is 0 Å². The second-order valence-corrected chi connectivity index (χ2v) is 8.01. The van der Waals surface area contributed by atoms with Crippen LogP contribution in [-0.4, -0.2) is 41.7 Å². The van der Waals surface area contributed by atoms with Crippen LogP contribution in [0.1, 0.15) is 32.8 Å². The molecule has 5 nitrogen and oxygen atoms in total. The van der Waals surface area contributed by atoms with Crippen LogP contribution >= 0.6 is 11.8 Å². The van der Waals surface area contributed by atoms with E-state index < -0.39 is 6.04 Å². The summed E-state index contributed by atoms with van der Waals surface area (Å²) in [6, 6.07) is 16.9. The number of methoxy groups -OCH3 is 1. The van der Waals surface area contributed by atoms with Gasteiger partial charge in [0.2, 0.25) is 11.8 Å². The van der Waals surface area contributed by atoms with Gasteiger partial charge in [-0.2, -0.15) is 0 Å². The predicted molar refractivity (Wildman–Crippen MR) is 118 cm³/mol. The van der Waals surface area contributed by atoms with Crippen molar-refractivity contribution in [3.8, 4) is 5.75 Å². The van der Waals surface area contributed by atoms with Gasteiger partial charge in [-0.25, -0.2) is 0 Å². The zero-order valence-electron chi connectivity index (χ0n) is 17.6. The highest BCUT2D eigenvalue weighted by Crippen LogP contribution is 2.20. The van der Waals surface area contributed by atoms with Crippen molar-refractivity contribution in [3.05, 3.63) is 60.2 Å². The topological polar surface area (TPSA) is 58.6 Å². The molecule has 2 aromatic carbocycles. The molecular weight excluding hydrogens is 384 g/mol. The lowest BCUT2D eigenvalue weighted by molar-refractivity contribution is -0.138. The van der Waals surface area contributed by atoms with Crippen LogP contribution in [0.3, 0.4) is 0 Å². The minimum Gasteiger partial charge on any atom is -0.497 e. The summed E-state index contributed by atoms with van der Waals surface area (Å²) in [5.74, 6) is 0.836. The Kier molecular flexibility index (Phi) is 9.06. The maximum Gasteiger partial charge on any atom is 0.242 e. The molecule has 29 heavy (non-hydrogen) atoms. The van der Waals surface area contributed by atoms with Crippen LogP contribution in [0.25, 0.3) is 0 Å². The first kappa shape index (κ1) is 22.8. The number of amides is 2. The van der Waals surface area contributed by atoms with E-state index in [0.717, 1.165) is 22.6 Å². The van der Waals surface area contributed by atoms with Gasteiger partial charge >= 0.3 is 0 Å². The quantitative estimate of drug-likeness (QED) is 0.594. The van der Waals surface area contributed by atoms with E-state index in [1.54, 1.807) is 18.9 Å². The maximum absolute atomic E-state index is 13.0. The van der Waals surface area contributed by atoms with Gasteiger partial charge < -0.3 is 15.0 Å². The van der Waals surface area contributed by atoms with Crippen molar-refractivity contribution in [1.29, 1.82) is 0 Å². The summed E-state index contributed by atoms with van der Waals surface area (Å²) in [4.78, 5) is 28.4. The van der Waals surface area contributed by atoms with Crippen molar-refractivity contribution in [2.24, 2.45) is 0 Å². The van der Waals surface area contributed by atoms with Gasteiger partial charge in [0.15, 0.2) is 0 Å². The Labute approximate surface area is 177 Å². The van der Waals surface area contributed by atoms with Crippen molar-refractivity contribution in [3.63, 3.8) is 0 Å². The van der Waals surface area contributed by atoms with E-state index in [2.05, 4.69) is 5.32 Å². The summed E-state index contributed by atoms with van der Waals surface area (Å²) in [5.41, 5.74) is 0.951. The summed E-state index contributed by atoms with van der Waals surface area (Å²) in [7, 11) is 1.62. The van der Waals surface area contributed by atoms with Gasteiger partial charge in [-0.3, -0.25) is 9.59 Å². The lowest BCUT2D eigenvalue weighted by atomic mass is 10.1. The van der Waals surface area contributed by atoms with Gasteiger partial charge in [-0.15, -0.1) is 11.8 Å². The molecule has 0 bridgehead atoms. The van der Waals surface area contributed by atoms with Gasteiger partial charge in [0.05, 0.1) is 12.9 Å². The molecule has 0 aromatic heterocycles. The minimum atomic E-state index is -0.560. The molecule has 0 heterocycles. The Morgan fingerprint density at radius 2 is 1.72 bits per heavy atom. The SMILES string of the molecule is CC[C@H](C)NC(=O)[C@H](C)N(Cc1ccc(OC)cc1)C(=O)CSc1ccccc1. The molecule has 0 saturated heterocycles. The molecule has 6 heteroatoms. The fourth-order valence-corrected chi connectivity index (χ4v) is 3.53. The van der Waals surface area contributed by atoms with E-state index in [-0.39, 0.29) is 23.6 Å². The first-order valence-corrected chi connectivity index (χ1v) is 10.8. The molecule has 0 aliphatic carbocycles. The Hall–Kier alpha value is -2.47. The third-order valence-electron chi connectivity index (χ3n) is 4.79. The molecule has 2 amide bonds. The third-order valence-corrected chi connectivity index (χ3v) is 5.78. The summed E-state index contributed by atoms with van der Waals surface area (Å²) in [6.45, 7) is 6.14. The zero-order chi connectivity index (χ0) is 21.2. The summed E-state index contributed by atoms with van der Waals surface area (Å²) in [5, 5.41) is 2.98. The Morgan fingerprint density at radius 3 is 2.31 bits per heavy atom. The number of nitrogens with one attached hydrogen (secondary N) is 1. The normalized spacial score (nSPS) is 12.7. The van der Waals surface area contributed by atoms with Crippen molar-refractivity contribution >= 4 is 23.6 Å². The average Bonchev–Trinajstić information content (AvgIpc) is 2.76. The molecule has 0 aliphatic heterocycles. The predicted octanol–water partition coefficient (Wildman–Crippen LogP) is 4.12. The first-order chi connectivity index (χ1) is 13.9. The van der Waals surface area contributed by atoms with E-state index in [4.69, 9.17) is 4.74 Å². The van der Waals surface area contributed by atoms with Crippen LogP contribution < -0.4 is 10.1 Å². The second-order valence-electron chi connectivity index (χ2n) is 6.97. The number of hydrogen-bond donors (Lipinski definition) is 1. The third kappa shape index (κ3) is 7.13. The zero-order valence-corrected chi connectivity index (χ0v) is 18.4. The molecule has 2 atom stereocenters. The second kappa shape index (κ2) is 11.5. The summed E-state index contributed by atoms with van der Waals surface area (Å²) >= 11 is 1.48. The van der Waals surface area contributed by atoms with Crippen molar-refractivity contribution in [2.45, 2.75) is 50.7 Å². The smallest absolute Gasteiger partial charge is 0.242 e. The molecule has 1 N–H and O–H groups in total. The standard InChI is InChI=1S/C23H30N2O3S/c1-5-17(2)24-23(27)18(3)25(15-19-11-13-20(28-4)14-12-19)22(26)16-29-21-9-7-6-8-10-21/h6-14,17-18H,5,15-16H2,1-4H3,(H,24,27)/t17-,18-/m0/s1. The Balaban J connectivity index is 2.13. The molecular formula is C23H30N2O3S. The van der Waals surface area contributed by atoms with E-state index in [9.17, 15) is 9.59 Å². The van der Waals surface area contributed by atoms with Crippen LogP contribution in [-0.2, 0) is 16.1 Å². The molecule has 2 aromatic rings. The molecule has 0 spiro atoms. The number of carbonyl (C=O) groups excluding carboxylic acids is 2. The largest absolute Gasteiger partial charge is 0.497 e. The monoisotopic (exact) mass is 414 g/mol. The van der Waals surface area contributed by atoms with Crippen molar-refractivity contribution in [2.75, 3.05) is 12.9 Å². The number of benzene rings is 2. The minimum absolute atomic E-state index is 0.0681. The number of nitrogens with zero attached hydrogens (tertiary/aromatic N) is 1. The highest BCUT2D eigenvalue weighted by molar-refractivity contribution is 8.00. The van der Waals surface area contributed by atoms with Crippen LogP contribution in [0.2, 0.25) is 0 Å². The van der Waals surface area contributed by atoms with E-state index in [1.165, 1.54) is 11.8 Å². The molecule has 0 saturated carbocycles. The summed E-state index contributed by atoms with van der Waals surface area (Å²) in [6.07, 6.45) is 0.842. The number of ether oxygens (including phenoxy) is 1. The van der Waals surface area contributed by atoms with Crippen molar-refractivity contribution in [1.82, 2.24) is 10.2 Å². The first-order valence-electron chi connectivity index (χ1n) is 9.85. The number of thioether (sulfide) groups is 1. The number of carbonyl (C=O) groups is 2. The lowest BCUT2D eigenvalue weighted by Gasteiger charge is -2.29. The fraction of sp³-hybridized carbons (Fsp3) is 0.391. The molecule has 0 aliphatic rings. The molecule has 0 radical (unpaired) electrons. The van der Waals surface area contributed by atoms with E-state index in [1.807, 2.05) is 68.4 Å². The maximum atomic E-state index is 13.0. The number of hydrogen-bond acceptors (Lipinski definition) is 4. The lowest BCUT2D eigenvalue weighted by Crippen LogP contribution is -2.50. The molecule has 156 valence electrons. The molecule has 2 rings (SSSR count). The fourth-order valence-electron chi connectivity index (χ4n) is 2.72. The van der Waals surface area contributed by atoms with E-state index in [0.29, 0.717) is 6.54 Å². The van der Waals surface area contributed by atoms with Crippen molar-refractivity contribution < 1.29 is 14.3 Å². The average molecular weight is 415 g/mol. The van der Waals surface area contributed by atoms with Crippen LogP contribution in [0.4, 0.5) is 0 Å². The van der Waals surface area contributed by atoms with Crippen LogP contribution in [0, 0.1) is 0 Å². The number of rotatable bonds is 10. The Morgan fingerprint density at radius 1 is 1.07 bits per heavy atom. The highest BCUT2D eigenvalue weighted by Gasteiger charge is 2.26. The summed E-state index contributed by atoms with van der Waals surface area (Å²) < 4.78 is 5.20. The molecule has 0 unspecified atom stereocenters. The highest BCUT2D eigenvalue weighted by atomic mass is 32.2. The van der Waals surface area contributed by atoms with Gasteiger partial charge in [0, 0.05) is 17.5 Å². The van der Waals surface area contributed by atoms with Gasteiger partial charge in [-0.1, -0.05) is 37.3 Å². The van der Waals surface area contributed by atoms with Crippen LogP contribution in [0.5, 0.6) is 5.75 Å². The van der Waals surface area contributed by atoms with E-state index >= 15 is 0 Å². The molecule has 0 fully saturated rings.